The number of benzene rings is 2. The molecule has 1 atom stereocenters. The normalized spacial score (nSPS) is 13.4. The van der Waals surface area contributed by atoms with Crippen LogP contribution in [0.4, 0.5) is 4.39 Å². The molecule has 0 aliphatic carbocycles. The van der Waals surface area contributed by atoms with Gasteiger partial charge in [0.2, 0.25) is 0 Å². The van der Waals surface area contributed by atoms with Crippen LogP contribution in [0.5, 0.6) is 5.75 Å². The molecule has 2 aromatic heterocycles. The molecular weight excluding hydrogens is 355 g/mol. The minimum Gasteiger partial charge on any atom is -0.488 e. The molecule has 142 valence electrons. The molecule has 0 aliphatic rings. The number of Topliss-reactive ketones (excluding diaryl/α,β-unsaturated/α-hetero) is 1. The number of hydrogen-bond donors (Lipinski definition) is 0. The number of carbonyl (C=O) groups excluding carboxylic acids is 1. The molecule has 0 fully saturated rings. The van der Waals surface area contributed by atoms with Gasteiger partial charge in [0, 0.05) is 24.0 Å². The molecule has 0 saturated carbocycles. The van der Waals surface area contributed by atoms with Gasteiger partial charge in [-0.1, -0.05) is 36.4 Å². The van der Waals surface area contributed by atoms with Crippen molar-refractivity contribution in [3.8, 4) is 5.75 Å². The smallest absolute Gasteiger partial charge is 0.262 e. The lowest BCUT2D eigenvalue weighted by Crippen LogP contribution is -2.39. The summed E-state index contributed by atoms with van der Waals surface area (Å²) in [5, 5.41) is 0.886. The van der Waals surface area contributed by atoms with Crippen LogP contribution < -0.4 is 4.74 Å². The third-order valence-electron chi connectivity index (χ3n) is 4.94. The number of fused-ring (bicyclic) bond motifs is 1. The van der Waals surface area contributed by atoms with Crippen molar-refractivity contribution in [2.75, 3.05) is 0 Å². The van der Waals surface area contributed by atoms with Gasteiger partial charge >= 0.3 is 0 Å². The summed E-state index contributed by atoms with van der Waals surface area (Å²) >= 11 is 0. The second-order valence-corrected chi connectivity index (χ2v) is 6.81. The van der Waals surface area contributed by atoms with E-state index in [0.717, 1.165) is 22.2 Å². The largest absolute Gasteiger partial charge is 0.488 e. The van der Waals surface area contributed by atoms with Crippen LogP contribution in [0.2, 0.25) is 0 Å². The first-order chi connectivity index (χ1) is 13.6. The topological polar surface area (TPSA) is 36.2 Å². The van der Waals surface area contributed by atoms with Gasteiger partial charge in [0.05, 0.1) is 12.1 Å². The fraction of sp³-hybridized carbons (Fsp3) is 0.174. The van der Waals surface area contributed by atoms with Crippen molar-refractivity contribution in [3.05, 3.63) is 90.9 Å². The maximum atomic E-state index is 15.6. The molecule has 0 bridgehead atoms. The Morgan fingerprint density at radius 2 is 1.71 bits per heavy atom. The molecule has 5 heteroatoms. The summed E-state index contributed by atoms with van der Waals surface area (Å²) in [5.41, 5.74) is 1.90. The first-order valence-corrected chi connectivity index (χ1v) is 9.16. The van der Waals surface area contributed by atoms with Crippen LogP contribution in [0.3, 0.4) is 0 Å². The molecule has 1 unspecified atom stereocenters. The van der Waals surface area contributed by atoms with Gasteiger partial charge in [0.1, 0.15) is 12.4 Å². The van der Waals surface area contributed by atoms with E-state index < -0.39 is 11.6 Å². The Labute approximate surface area is 162 Å². The second-order valence-electron chi connectivity index (χ2n) is 6.81. The lowest BCUT2D eigenvalue weighted by Gasteiger charge is -2.25. The number of alkyl halides is 1. The van der Waals surface area contributed by atoms with E-state index in [1.165, 1.54) is 11.5 Å². The van der Waals surface area contributed by atoms with Crippen molar-refractivity contribution >= 4 is 16.7 Å². The van der Waals surface area contributed by atoms with E-state index >= 15 is 4.39 Å². The minimum absolute atomic E-state index is 0.108. The number of carbonyl (C=O) groups is 1. The van der Waals surface area contributed by atoms with Gasteiger partial charge in [-0.3, -0.25) is 4.79 Å². The number of ketones is 1. The Balaban J connectivity index is 1.63. The van der Waals surface area contributed by atoms with E-state index in [4.69, 9.17) is 4.74 Å². The van der Waals surface area contributed by atoms with Crippen LogP contribution in [0.15, 0.2) is 85.3 Å². The predicted molar refractivity (Wildman–Crippen MR) is 107 cm³/mol. The van der Waals surface area contributed by atoms with E-state index in [2.05, 4.69) is 0 Å². The lowest BCUT2D eigenvalue weighted by molar-refractivity contribution is -0.136. The number of nitrogens with zero attached hydrogens (tertiary/aromatic N) is 2. The van der Waals surface area contributed by atoms with Crippen molar-refractivity contribution in [2.45, 2.75) is 25.9 Å². The number of rotatable bonds is 7. The number of aromatic nitrogens is 2. The van der Waals surface area contributed by atoms with Crippen LogP contribution >= 0.6 is 0 Å². The first-order valence-electron chi connectivity index (χ1n) is 9.16. The summed E-state index contributed by atoms with van der Waals surface area (Å²) < 4.78 is 24.7. The molecule has 0 radical (unpaired) electrons. The van der Waals surface area contributed by atoms with Crippen LogP contribution in [0.1, 0.15) is 12.5 Å². The molecule has 4 aromatic rings. The van der Waals surface area contributed by atoms with Crippen molar-refractivity contribution in [3.63, 3.8) is 0 Å². The summed E-state index contributed by atoms with van der Waals surface area (Å²) in [5.74, 6) is -1.95. The highest BCUT2D eigenvalue weighted by Gasteiger charge is 2.37. The van der Waals surface area contributed by atoms with Gasteiger partial charge in [-0.15, -0.1) is 0 Å². The predicted octanol–water partition coefficient (Wildman–Crippen LogP) is 4.93. The average molecular weight is 376 g/mol. The SMILES string of the molecule is CC(=O)C(F)(Cn1ccc2c(OCc3ccccc3)cccc21)n1cccc1. The van der Waals surface area contributed by atoms with Gasteiger partial charge in [-0.2, -0.15) is 0 Å². The third-order valence-corrected chi connectivity index (χ3v) is 4.94. The quantitative estimate of drug-likeness (QED) is 0.458. The zero-order valence-corrected chi connectivity index (χ0v) is 15.6. The van der Waals surface area contributed by atoms with E-state index in [-0.39, 0.29) is 6.54 Å². The molecule has 0 N–H and O–H groups in total. The molecule has 0 saturated heterocycles. The third kappa shape index (κ3) is 3.31. The molecule has 28 heavy (non-hydrogen) atoms. The Hall–Kier alpha value is -3.34. The van der Waals surface area contributed by atoms with Gasteiger partial charge in [0.15, 0.2) is 5.78 Å². The van der Waals surface area contributed by atoms with E-state index in [0.29, 0.717) is 6.61 Å². The first kappa shape index (κ1) is 18.0. The zero-order valence-electron chi connectivity index (χ0n) is 15.6. The fourth-order valence-electron chi connectivity index (χ4n) is 3.37. The van der Waals surface area contributed by atoms with Crippen molar-refractivity contribution in [1.82, 2.24) is 9.13 Å². The van der Waals surface area contributed by atoms with E-state index in [1.54, 1.807) is 35.3 Å². The summed E-state index contributed by atoms with van der Waals surface area (Å²) in [4.78, 5) is 12.1. The number of halogens is 1. The number of hydrogen-bond acceptors (Lipinski definition) is 2. The minimum atomic E-state index is -2.14. The summed E-state index contributed by atoms with van der Waals surface area (Å²) in [6, 6.07) is 20.9. The Morgan fingerprint density at radius 1 is 0.964 bits per heavy atom. The summed E-state index contributed by atoms with van der Waals surface area (Å²) in [6.07, 6.45) is 4.93. The van der Waals surface area contributed by atoms with Gasteiger partial charge in [0.25, 0.3) is 5.79 Å². The fourth-order valence-corrected chi connectivity index (χ4v) is 3.37. The maximum absolute atomic E-state index is 15.6. The van der Waals surface area contributed by atoms with Gasteiger partial charge < -0.3 is 13.9 Å². The van der Waals surface area contributed by atoms with Crippen LogP contribution in [0, 0.1) is 0 Å². The van der Waals surface area contributed by atoms with Crippen LogP contribution in [-0.4, -0.2) is 14.9 Å². The van der Waals surface area contributed by atoms with Gasteiger partial charge in [-0.05, 0) is 42.8 Å². The van der Waals surface area contributed by atoms with E-state index in [1.807, 2.05) is 54.6 Å². The monoisotopic (exact) mass is 376 g/mol. The van der Waals surface area contributed by atoms with Crippen molar-refractivity contribution < 1.29 is 13.9 Å². The van der Waals surface area contributed by atoms with Crippen LogP contribution in [-0.2, 0) is 23.7 Å². The van der Waals surface area contributed by atoms with Crippen molar-refractivity contribution in [1.29, 1.82) is 0 Å². The second kappa shape index (κ2) is 7.35. The van der Waals surface area contributed by atoms with Gasteiger partial charge in [-0.25, -0.2) is 4.39 Å². The maximum Gasteiger partial charge on any atom is 0.262 e. The highest BCUT2D eigenvalue weighted by Crippen LogP contribution is 2.30. The molecular formula is C23H21FN2O2. The Bertz CT molecular complexity index is 1090. The molecule has 0 aliphatic heterocycles. The van der Waals surface area contributed by atoms with Crippen molar-refractivity contribution in [2.24, 2.45) is 0 Å². The standard InChI is InChI=1S/C23H21FN2O2/c1-18(27)23(24,26-13-5-6-14-26)17-25-15-12-20-21(25)10-7-11-22(20)28-16-19-8-3-2-4-9-19/h2-15H,16-17H2,1H3. The summed E-state index contributed by atoms with van der Waals surface area (Å²) in [7, 11) is 0. The number of ether oxygens (including phenoxy) is 1. The van der Waals surface area contributed by atoms with E-state index in [9.17, 15) is 4.79 Å². The molecule has 0 spiro atoms. The summed E-state index contributed by atoms with van der Waals surface area (Å²) in [6.45, 7) is 1.62. The Morgan fingerprint density at radius 3 is 2.43 bits per heavy atom. The highest BCUT2D eigenvalue weighted by atomic mass is 19.1. The zero-order chi connectivity index (χ0) is 19.6. The Kier molecular flexibility index (Phi) is 4.74. The average Bonchev–Trinajstić information content (AvgIpc) is 3.38. The molecule has 2 aromatic carbocycles. The molecule has 0 amide bonds. The highest BCUT2D eigenvalue weighted by molar-refractivity contribution is 5.87. The lowest BCUT2D eigenvalue weighted by atomic mass is 10.1. The molecule has 2 heterocycles. The molecule has 4 nitrogen and oxygen atoms in total. The molecule has 4 rings (SSSR count). The van der Waals surface area contributed by atoms with Crippen LogP contribution in [0.25, 0.3) is 10.9 Å².